The molecule has 0 saturated carbocycles. The topological polar surface area (TPSA) is 59.1 Å². The quantitative estimate of drug-likeness (QED) is 0.835. The van der Waals surface area contributed by atoms with Crippen molar-refractivity contribution >= 4 is 17.5 Å². The van der Waals surface area contributed by atoms with E-state index >= 15 is 0 Å². The number of likely N-dealkylation sites (tertiary alicyclic amines) is 1. The molecule has 2 aliphatic rings. The Bertz CT molecular complexity index is 611. The number of carbonyl (C=O) groups excluding carboxylic acids is 2. The summed E-state index contributed by atoms with van der Waals surface area (Å²) in [4.78, 5) is 27.9. The number of hydrogen-bond acceptors (Lipinski definition) is 4. The molecule has 2 amide bonds. The number of anilines is 1. The van der Waals surface area contributed by atoms with Crippen LogP contribution < -0.4 is 4.90 Å². The molecule has 2 fully saturated rings. The van der Waals surface area contributed by atoms with Gasteiger partial charge in [0.25, 0.3) is 5.91 Å². The summed E-state index contributed by atoms with van der Waals surface area (Å²) in [7, 11) is 1.53. The second kappa shape index (κ2) is 7.54. The van der Waals surface area contributed by atoms with Crippen LogP contribution in [0, 0.1) is 0 Å². The van der Waals surface area contributed by atoms with E-state index in [1.165, 1.54) is 7.11 Å². The molecular formula is C19H26N2O4. The zero-order chi connectivity index (χ0) is 17.9. The van der Waals surface area contributed by atoms with Crippen molar-refractivity contribution < 1.29 is 19.1 Å². The van der Waals surface area contributed by atoms with Gasteiger partial charge in [0.15, 0.2) is 0 Å². The van der Waals surface area contributed by atoms with Crippen LogP contribution in [0.5, 0.6) is 0 Å². The lowest BCUT2D eigenvalue weighted by atomic mass is 9.87. The molecule has 0 bridgehead atoms. The first kappa shape index (κ1) is 17.9. The van der Waals surface area contributed by atoms with Gasteiger partial charge in [-0.3, -0.25) is 9.59 Å². The van der Waals surface area contributed by atoms with Gasteiger partial charge in [0.1, 0.15) is 6.61 Å². The summed E-state index contributed by atoms with van der Waals surface area (Å²) in [5, 5.41) is 0. The summed E-state index contributed by atoms with van der Waals surface area (Å²) in [5.41, 5.74) is 0.646. The fraction of sp³-hybridized carbons (Fsp3) is 0.579. The Morgan fingerprint density at radius 2 is 1.96 bits per heavy atom. The predicted octanol–water partition coefficient (Wildman–Crippen LogP) is 1.84. The molecule has 1 spiro atoms. The number of benzene rings is 1. The maximum absolute atomic E-state index is 12.6. The number of para-hydroxylation sites is 1. The Hall–Kier alpha value is -1.92. The Labute approximate surface area is 148 Å². The number of carbonyl (C=O) groups is 2. The Morgan fingerprint density at radius 3 is 2.56 bits per heavy atom. The number of nitrogens with zero attached hydrogens (tertiary/aromatic N) is 2. The minimum atomic E-state index is -0.225. The number of ether oxygens (including phenoxy) is 2. The van der Waals surface area contributed by atoms with Crippen LogP contribution in [0.3, 0.4) is 0 Å². The summed E-state index contributed by atoms with van der Waals surface area (Å²) in [6.45, 7) is 3.62. The van der Waals surface area contributed by atoms with Crippen molar-refractivity contribution in [1.29, 1.82) is 0 Å². The first-order chi connectivity index (χ1) is 12.0. The van der Waals surface area contributed by atoms with E-state index in [1.807, 2.05) is 40.1 Å². The summed E-state index contributed by atoms with van der Waals surface area (Å²) >= 11 is 0. The van der Waals surface area contributed by atoms with Crippen LogP contribution in [-0.2, 0) is 19.1 Å². The molecule has 2 heterocycles. The van der Waals surface area contributed by atoms with E-state index in [4.69, 9.17) is 9.47 Å². The van der Waals surface area contributed by atoms with E-state index in [1.54, 1.807) is 6.92 Å². The number of amides is 2. The lowest BCUT2D eigenvalue weighted by Crippen LogP contribution is -2.47. The van der Waals surface area contributed by atoms with Crippen LogP contribution in [0.1, 0.15) is 26.2 Å². The lowest BCUT2D eigenvalue weighted by Gasteiger charge is -2.38. The third-order valence-electron chi connectivity index (χ3n) is 5.25. The van der Waals surface area contributed by atoms with Crippen LogP contribution in [0.25, 0.3) is 0 Å². The molecule has 6 nitrogen and oxygen atoms in total. The van der Waals surface area contributed by atoms with Crippen molar-refractivity contribution in [3.05, 3.63) is 30.3 Å². The van der Waals surface area contributed by atoms with Crippen molar-refractivity contribution in [2.45, 2.75) is 37.8 Å². The van der Waals surface area contributed by atoms with E-state index < -0.39 is 0 Å². The van der Waals surface area contributed by atoms with Gasteiger partial charge in [0.05, 0.1) is 18.2 Å². The van der Waals surface area contributed by atoms with Gasteiger partial charge in [-0.25, -0.2) is 0 Å². The smallest absolute Gasteiger partial charge is 0.253 e. The number of methoxy groups -OCH3 is 1. The Kier molecular flexibility index (Phi) is 5.39. The van der Waals surface area contributed by atoms with Crippen molar-refractivity contribution in [3.63, 3.8) is 0 Å². The summed E-state index contributed by atoms with van der Waals surface area (Å²) in [5.74, 6) is 0.0612. The number of rotatable bonds is 4. The normalized spacial score (nSPS) is 22.2. The van der Waals surface area contributed by atoms with Gasteiger partial charge in [-0.15, -0.1) is 0 Å². The van der Waals surface area contributed by atoms with Gasteiger partial charge in [-0.2, -0.15) is 0 Å². The lowest BCUT2D eigenvalue weighted by molar-refractivity contribution is -0.133. The van der Waals surface area contributed by atoms with Gasteiger partial charge in [-0.05, 0) is 31.4 Å². The third kappa shape index (κ3) is 3.85. The maximum atomic E-state index is 12.6. The average molecular weight is 346 g/mol. The first-order valence-corrected chi connectivity index (χ1v) is 8.80. The van der Waals surface area contributed by atoms with Crippen molar-refractivity contribution in [2.24, 2.45) is 0 Å². The van der Waals surface area contributed by atoms with E-state index in [2.05, 4.69) is 0 Å². The molecule has 0 radical (unpaired) electrons. The van der Waals surface area contributed by atoms with Crippen LogP contribution >= 0.6 is 0 Å². The molecule has 3 rings (SSSR count). The molecule has 6 heteroatoms. The highest BCUT2D eigenvalue weighted by molar-refractivity contribution is 5.95. The van der Waals surface area contributed by atoms with Gasteiger partial charge in [-0.1, -0.05) is 18.2 Å². The molecule has 0 N–H and O–H groups in total. The Balaban J connectivity index is 1.73. The second-order valence-electron chi connectivity index (χ2n) is 6.89. The van der Waals surface area contributed by atoms with Crippen molar-refractivity contribution in [2.75, 3.05) is 38.3 Å². The molecule has 1 aromatic carbocycles. The molecule has 0 unspecified atom stereocenters. The van der Waals surface area contributed by atoms with E-state index in [9.17, 15) is 9.59 Å². The SMILES string of the molecule is COCC(=O)N(c1ccccc1)[C@H]1COC2(CCN(C(C)=O)CC2)C1. The summed E-state index contributed by atoms with van der Waals surface area (Å²) in [6.07, 6.45) is 2.44. The molecule has 2 aliphatic heterocycles. The van der Waals surface area contributed by atoms with Gasteiger partial charge in [0, 0.05) is 32.8 Å². The summed E-state index contributed by atoms with van der Waals surface area (Å²) < 4.78 is 11.2. The molecule has 0 aliphatic carbocycles. The van der Waals surface area contributed by atoms with Gasteiger partial charge >= 0.3 is 0 Å². The Morgan fingerprint density at radius 1 is 1.28 bits per heavy atom. The van der Waals surface area contributed by atoms with Crippen molar-refractivity contribution in [1.82, 2.24) is 4.90 Å². The highest BCUT2D eigenvalue weighted by atomic mass is 16.5. The largest absolute Gasteiger partial charge is 0.375 e. The highest BCUT2D eigenvalue weighted by Crippen LogP contribution is 2.38. The summed E-state index contributed by atoms with van der Waals surface area (Å²) in [6, 6.07) is 9.67. The van der Waals surface area contributed by atoms with Crippen LogP contribution in [0.4, 0.5) is 5.69 Å². The van der Waals surface area contributed by atoms with E-state index in [0.717, 1.165) is 38.0 Å². The van der Waals surface area contributed by atoms with E-state index in [0.29, 0.717) is 6.61 Å². The van der Waals surface area contributed by atoms with Crippen LogP contribution in [0.15, 0.2) is 30.3 Å². The average Bonchev–Trinajstić information content (AvgIpc) is 3.00. The number of hydrogen-bond donors (Lipinski definition) is 0. The number of piperidine rings is 1. The van der Waals surface area contributed by atoms with Gasteiger partial charge < -0.3 is 19.3 Å². The fourth-order valence-electron chi connectivity index (χ4n) is 3.90. The molecule has 25 heavy (non-hydrogen) atoms. The molecule has 2 saturated heterocycles. The molecule has 0 aromatic heterocycles. The molecular weight excluding hydrogens is 320 g/mol. The highest BCUT2D eigenvalue weighted by Gasteiger charge is 2.45. The first-order valence-electron chi connectivity index (χ1n) is 8.80. The predicted molar refractivity (Wildman–Crippen MR) is 94.4 cm³/mol. The fourth-order valence-corrected chi connectivity index (χ4v) is 3.90. The zero-order valence-electron chi connectivity index (χ0n) is 14.9. The van der Waals surface area contributed by atoms with E-state index in [-0.39, 0.29) is 30.1 Å². The minimum Gasteiger partial charge on any atom is -0.375 e. The minimum absolute atomic E-state index is 0.00562. The maximum Gasteiger partial charge on any atom is 0.253 e. The second-order valence-corrected chi connectivity index (χ2v) is 6.89. The monoisotopic (exact) mass is 346 g/mol. The molecule has 1 atom stereocenters. The molecule has 136 valence electrons. The van der Waals surface area contributed by atoms with Gasteiger partial charge in [0.2, 0.25) is 5.91 Å². The van der Waals surface area contributed by atoms with Crippen LogP contribution in [-0.4, -0.2) is 61.8 Å². The third-order valence-corrected chi connectivity index (χ3v) is 5.25. The van der Waals surface area contributed by atoms with Crippen LogP contribution in [0.2, 0.25) is 0 Å². The van der Waals surface area contributed by atoms with Crippen molar-refractivity contribution in [3.8, 4) is 0 Å². The molecule has 1 aromatic rings. The zero-order valence-corrected chi connectivity index (χ0v) is 14.9. The standard InChI is InChI=1S/C19H26N2O4/c1-15(22)20-10-8-19(9-11-20)12-17(13-25-19)21(18(23)14-24-2)16-6-4-3-5-7-16/h3-7,17H,8-14H2,1-2H3/t17-/m1/s1.